The number of pyridine rings is 1. The van der Waals surface area contributed by atoms with E-state index in [2.05, 4.69) is 45.4 Å². The van der Waals surface area contributed by atoms with Crippen molar-refractivity contribution in [3.05, 3.63) is 70.4 Å². The van der Waals surface area contributed by atoms with Crippen LogP contribution in [0.3, 0.4) is 0 Å². The minimum absolute atomic E-state index is 0.268. The minimum atomic E-state index is -0.481. The Morgan fingerprint density at radius 3 is 2.83 bits per heavy atom. The zero-order chi connectivity index (χ0) is 20.1. The average molecular weight is 394 g/mol. The predicted octanol–water partition coefficient (Wildman–Crippen LogP) is 4.33. The van der Waals surface area contributed by atoms with Gasteiger partial charge in [0.2, 0.25) is 0 Å². The number of hydrogen-bond donors (Lipinski definition) is 1. The third kappa shape index (κ3) is 4.90. The molecule has 1 N–H and O–H groups in total. The van der Waals surface area contributed by atoms with Crippen LogP contribution in [0, 0.1) is 16.7 Å². The van der Waals surface area contributed by atoms with Crippen molar-refractivity contribution in [1.82, 2.24) is 9.88 Å². The lowest BCUT2D eigenvalue weighted by molar-refractivity contribution is 0.0916. The van der Waals surface area contributed by atoms with Gasteiger partial charge in [-0.3, -0.25) is 4.98 Å². The fourth-order valence-electron chi connectivity index (χ4n) is 5.31. The molecule has 2 aromatic rings. The highest BCUT2D eigenvalue weighted by atomic mass is 16.3. The smallest absolute Gasteiger partial charge is 0.0965 e. The number of hydrogen-bond acceptors (Lipinski definition) is 5. The number of aliphatic hydroxyl groups is 1. The Morgan fingerprint density at radius 2 is 2.00 bits per heavy atom. The van der Waals surface area contributed by atoms with Crippen molar-refractivity contribution in [2.24, 2.45) is 17.0 Å². The van der Waals surface area contributed by atoms with E-state index in [0.29, 0.717) is 18.4 Å². The molecule has 0 saturated carbocycles. The topological polar surface area (TPSA) is 65.8 Å². The van der Waals surface area contributed by atoms with Gasteiger partial charge in [0.25, 0.3) is 0 Å². The molecule has 5 heteroatoms. The normalized spacial score (nSPS) is 28.2. The van der Waals surface area contributed by atoms with E-state index >= 15 is 0 Å². The second kappa shape index (κ2) is 9.59. The molecule has 2 heterocycles. The first-order chi connectivity index (χ1) is 14.2. The van der Waals surface area contributed by atoms with Gasteiger partial charge in [-0.25, -0.2) is 0 Å². The number of benzene rings is 1. The van der Waals surface area contributed by atoms with Gasteiger partial charge in [0.15, 0.2) is 0 Å². The Morgan fingerprint density at radius 1 is 1.14 bits per heavy atom. The number of aryl methyl sites for hydroxylation is 1. The first-order valence-corrected chi connectivity index (χ1v) is 10.9. The van der Waals surface area contributed by atoms with Crippen LogP contribution < -0.4 is 0 Å². The molecule has 1 aliphatic carbocycles. The van der Waals surface area contributed by atoms with E-state index in [1.165, 1.54) is 11.1 Å². The van der Waals surface area contributed by atoms with Crippen LogP contribution in [0.4, 0.5) is 0 Å². The summed E-state index contributed by atoms with van der Waals surface area (Å²) in [4.78, 5) is 18.0. The zero-order valence-electron chi connectivity index (χ0n) is 17.0. The maximum atomic E-state index is 11.1. The molecule has 1 aliphatic heterocycles. The van der Waals surface area contributed by atoms with Gasteiger partial charge < -0.3 is 10.0 Å². The van der Waals surface area contributed by atoms with E-state index in [9.17, 15) is 10.0 Å². The van der Waals surface area contributed by atoms with Crippen LogP contribution in [0.5, 0.6) is 0 Å². The Bertz CT molecular complexity index is 798. The second-order valence-electron chi connectivity index (χ2n) is 8.69. The fourth-order valence-corrected chi connectivity index (χ4v) is 5.31. The molecule has 2 aliphatic rings. The van der Waals surface area contributed by atoms with Gasteiger partial charge in [0.1, 0.15) is 0 Å². The number of piperidine rings is 1. The molecule has 5 nitrogen and oxygen atoms in total. The molecule has 4 rings (SSSR count). The lowest BCUT2D eigenvalue weighted by Crippen LogP contribution is -2.43. The molecule has 1 aromatic carbocycles. The summed E-state index contributed by atoms with van der Waals surface area (Å²) in [6.07, 6.45) is 6.37. The van der Waals surface area contributed by atoms with E-state index in [1.54, 1.807) is 6.20 Å². The van der Waals surface area contributed by atoms with E-state index in [0.717, 1.165) is 57.4 Å². The molecular formula is C24H31N3O2. The van der Waals surface area contributed by atoms with Crippen molar-refractivity contribution >= 4 is 0 Å². The molecule has 154 valence electrons. The van der Waals surface area contributed by atoms with Crippen LogP contribution in [0.15, 0.2) is 53.8 Å². The number of likely N-dealkylation sites (tertiary alicyclic amines) is 1. The quantitative estimate of drug-likeness (QED) is 0.768. The van der Waals surface area contributed by atoms with Crippen LogP contribution in [0.2, 0.25) is 0 Å². The predicted molar refractivity (Wildman–Crippen MR) is 115 cm³/mol. The summed E-state index contributed by atoms with van der Waals surface area (Å²) < 4.78 is 0. The van der Waals surface area contributed by atoms with Crippen molar-refractivity contribution in [3.8, 4) is 0 Å². The molecule has 2 unspecified atom stereocenters. The monoisotopic (exact) mass is 393 g/mol. The molecule has 0 bridgehead atoms. The third-order valence-electron chi connectivity index (χ3n) is 6.73. The van der Waals surface area contributed by atoms with Gasteiger partial charge >= 0.3 is 0 Å². The minimum Gasteiger partial charge on any atom is -0.387 e. The zero-order valence-corrected chi connectivity index (χ0v) is 17.0. The third-order valence-corrected chi connectivity index (χ3v) is 6.73. The lowest BCUT2D eigenvalue weighted by Gasteiger charge is -2.40. The highest BCUT2D eigenvalue weighted by molar-refractivity contribution is 5.23. The number of nitroso groups, excluding NO2 is 1. The van der Waals surface area contributed by atoms with Crippen molar-refractivity contribution in [3.63, 3.8) is 0 Å². The van der Waals surface area contributed by atoms with E-state index in [-0.39, 0.29) is 5.92 Å². The SMILES string of the molecule is O=NCC1CN(C[C@@H]2CCCc3cccnc3C(O)C2)CC[C@@H]1c1ccccc1. The molecule has 1 aromatic heterocycles. The number of rotatable bonds is 5. The number of nitrogens with zero attached hydrogens (tertiary/aromatic N) is 3. The van der Waals surface area contributed by atoms with E-state index in [1.807, 2.05) is 12.1 Å². The summed E-state index contributed by atoms with van der Waals surface area (Å²) in [5, 5.41) is 14.0. The summed E-state index contributed by atoms with van der Waals surface area (Å²) >= 11 is 0. The van der Waals surface area contributed by atoms with Crippen molar-refractivity contribution in [2.45, 2.75) is 44.1 Å². The van der Waals surface area contributed by atoms with Crippen LogP contribution in [0.25, 0.3) is 0 Å². The molecule has 0 radical (unpaired) electrons. The molecule has 1 saturated heterocycles. The molecule has 4 atom stereocenters. The Balaban J connectivity index is 1.40. The highest BCUT2D eigenvalue weighted by Gasteiger charge is 2.32. The summed E-state index contributed by atoms with van der Waals surface area (Å²) in [6.45, 7) is 3.31. The van der Waals surface area contributed by atoms with Crippen LogP contribution >= 0.6 is 0 Å². The molecule has 0 spiro atoms. The van der Waals surface area contributed by atoms with Gasteiger partial charge in [-0.1, -0.05) is 41.6 Å². The van der Waals surface area contributed by atoms with Crippen LogP contribution in [-0.2, 0) is 6.42 Å². The summed E-state index contributed by atoms with van der Waals surface area (Å²) in [5.41, 5.74) is 3.38. The number of aliphatic hydroxyl groups excluding tert-OH is 1. The first kappa shape index (κ1) is 20.2. The fraction of sp³-hybridized carbons (Fsp3) is 0.542. The molecule has 29 heavy (non-hydrogen) atoms. The number of aromatic nitrogens is 1. The van der Waals surface area contributed by atoms with Crippen molar-refractivity contribution in [1.29, 1.82) is 0 Å². The highest BCUT2D eigenvalue weighted by Crippen LogP contribution is 2.35. The summed E-state index contributed by atoms with van der Waals surface area (Å²) in [7, 11) is 0. The van der Waals surface area contributed by atoms with E-state index < -0.39 is 6.10 Å². The summed E-state index contributed by atoms with van der Waals surface area (Å²) in [6, 6.07) is 14.6. The van der Waals surface area contributed by atoms with Crippen molar-refractivity contribution < 1.29 is 5.11 Å². The van der Waals surface area contributed by atoms with Gasteiger partial charge in [-0.15, -0.1) is 0 Å². The summed E-state index contributed by atoms with van der Waals surface area (Å²) in [5.74, 6) is 1.13. The Hall–Kier alpha value is -2.11. The Labute approximate surface area is 173 Å². The lowest BCUT2D eigenvalue weighted by atomic mass is 9.79. The first-order valence-electron chi connectivity index (χ1n) is 10.9. The molecule has 1 fully saturated rings. The average Bonchev–Trinajstić information content (AvgIpc) is 2.74. The van der Waals surface area contributed by atoms with Gasteiger partial charge in [0.05, 0.1) is 18.3 Å². The molecular weight excluding hydrogens is 362 g/mol. The standard InChI is InChI=1S/C24H31N3O2/c28-23-14-18(6-4-9-20-10-5-12-25-24(20)23)16-27-13-11-22(21(17-27)15-26-29)19-7-2-1-3-8-19/h1-3,5,7-8,10,12,18,21-23,28H,4,6,9,11,13-17H2/t18-,21?,22-,23?/m1/s1. The van der Waals surface area contributed by atoms with Crippen LogP contribution in [0.1, 0.15) is 54.5 Å². The maximum absolute atomic E-state index is 11.1. The van der Waals surface area contributed by atoms with E-state index in [4.69, 9.17) is 0 Å². The van der Waals surface area contributed by atoms with Gasteiger partial charge in [-0.2, -0.15) is 4.91 Å². The maximum Gasteiger partial charge on any atom is 0.0965 e. The van der Waals surface area contributed by atoms with Gasteiger partial charge in [-0.05, 0) is 67.7 Å². The number of fused-ring (bicyclic) bond motifs is 1. The van der Waals surface area contributed by atoms with Crippen molar-refractivity contribution in [2.75, 3.05) is 26.2 Å². The van der Waals surface area contributed by atoms with Crippen LogP contribution in [-0.4, -0.2) is 41.2 Å². The Kier molecular flexibility index (Phi) is 6.67. The van der Waals surface area contributed by atoms with Gasteiger partial charge in [0, 0.05) is 25.2 Å². The second-order valence-corrected chi connectivity index (χ2v) is 8.69. The largest absolute Gasteiger partial charge is 0.387 e. The molecule has 0 amide bonds.